The van der Waals surface area contributed by atoms with E-state index in [-0.39, 0.29) is 17.5 Å². The van der Waals surface area contributed by atoms with Crippen molar-refractivity contribution in [3.8, 4) is 5.75 Å². The second-order valence-corrected chi connectivity index (χ2v) is 9.86. The van der Waals surface area contributed by atoms with Gasteiger partial charge in [-0.2, -0.15) is 0 Å². The molecule has 0 aliphatic carbocycles. The number of amides is 1. The topological polar surface area (TPSA) is 36.0 Å². The van der Waals surface area contributed by atoms with Gasteiger partial charge in [-0.05, 0) is 67.1 Å². The Bertz CT molecular complexity index is 1140. The Morgan fingerprint density at radius 1 is 1.06 bits per heavy atom. The predicted octanol–water partition coefficient (Wildman–Crippen LogP) is 4.65. The first kappa shape index (κ1) is 22.2. The molecule has 3 aromatic rings. The maximum Gasteiger partial charge on any atom is 0.254 e. The van der Waals surface area contributed by atoms with Crippen molar-refractivity contribution in [2.24, 2.45) is 0 Å². The van der Waals surface area contributed by atoms with Gasteiger partial charge in [-0.1, -0.05) is 6.07 Å². The minimum Gasteiger partial charge on any atom is -0.490 e. The van der Waals surface area contributed by atoms with E-state index in [0.29, 0.717) is 25.1 Å². The van der Waals surface area contributed by atoms with E-state index in [1.165, 1.54) is 21.8 Å². The van der Waals surface area contributed by atoms with Crippen LogP contribution in [0.15, 0.2) is 41.8 Å². The summed E-state index contributed by atoms with van der Waals surface area (Å²) in [5.74, 6) is -0.244. The number of thiophene rings is 1. The van der Waals surface area contributed by atoms with Crippen molar-refractivity contribution in [2.75, 3.05) is 57.8 Å². The number of hydrogen-bond acceptors (Lipinski definition) is 5. The quantitative estimate of drug-likeness (QED) is 0.474. The van der Waals surface area contributed by atoms with Gasteiger partial charge in [0.1, 0.15) is 0 Å². The van der Waals surface area contributed by atoms with E-state index in [1.54, 1.807) is 29.4 Å². The number of ether oxygens (including phenoxy) is 1. The van der Waals surface area contributed by atoms with Crippen molar-refractivity contribution in [1.82, 2.24) is 9.80 Å². The van der Waals surface area contributed by atoms with Crippen LogP contribution in [-0.2, 0) is 6.42 Å². The summed E-state index contributed by atoms with van der Waals surface area (Å²) >= 11 is 1.80. The van der Waals surface area contributed by atoms with E-state index in [0.717, 1.165) is 51.1 Å². The number of nitrogens with zero attached hydrogens (tertiary/aromatic N) is 3. The van der Waals surface area contributed by atoms with Crippen LogP contribution in [0.5, 0.6) is 5.75 Å². The first-order chi connectivity index (χ1) is 16.1. The highest BCUT2D eigenvalue weighted by Gasteiger charge is 2.24. The van der Waals surface area contributed by atoms with Crippen molar-refractivity contribution in [2.45, 2.75) is 19.3 Å². The van der Waals surface area contributed by atoms with Gasteiger partial charge in [-0.3, -0.25) is 9.69 Å². The Hall–Kier alpha value is -2.64. The average Bonchev–Trinajstić information content (AvgIpc) is 3.31. The highest BCUT2D eigenvalue weighted by atomic mass is 32.1. The summed E-state index contributed by atoms with van der Waals surface area (Å²) in [7, 11) is 1.78. The van der Waals surface area contributed by atoms with Crippen LogP contribution in [0.4, 0.5) is 10.1 Å². The fraction of sp³-hybridized carbons (Fsp3) is 0.423. The molecule has 174 valence electrons. The van der Waals surface area contributed by atoms with E-state index < -0.39 is 0 Å². The number of likely N-dealkylation sites (N-methyl/N-ethyl adjacent to an activating group) is 1. The molecular formula is C26H30FN3O2S. The van der Waals surface area contributed by atoms with Crippen LogP contribution in [0, 0.1) is 5.82 Å². The molecule has 1 fully saturated rings. The molecule has 1 saturated heterocycles. The van der Waals surface area contributed by atoms with Crippen LogP contribution in [0.25, 0.3) is 10.1 Å². The van der Waals surface area contributed by atoms with E-state index in [9.17, 15) is 9.18 Å². The molecule has 2 aliphatic heterocycles. The van der Waals surface area contributed by atoms with E-state index in [2.05, 4.69) is 39.4 Å². The zero-order valence-corrected chi connectivity index (χ0v) is 19.9. The second kappa shape index (κ2) is 9.69. The number of fused-ring (bicyclic) bond motifs is 2. The lowest BCUT2D eigenvalue weighted by molar-refractivity contribution is 0.0780. The molecule has 0 bridgehead atoms. The number of carbonyl (C=O) groups excluding carboxylic acids is 1. The molecule has 5 nitrogen and oxygen atoms in total. The highest BCUT2D eigenvalue weighted by Crippen LogP contribution is 2.31. The Kier molecular flexibility index (Phi) is 6.51. The first-order valence-corrected chi connectivity index (χ1v) is 12.6. The van der Waals surface area contributed by atoms with Crippen molar-refractivity contribution in [3.05, 3.63) is 58.7 Å². The van der Waals surface area contributed by atoms with Crippen LogP contribution in [-0.4, -0.2) is 68.6 Å². The third kappa shape index (κ3) is 4.70. The third-order valence-electron chi connectivity index (χ3n) is 6.76. The molecule has 1 amide bonds. The molecule has 33 heavy (non-hydrogen) atoms. The molecule has 7 heteroatoms. The Morgan fingerprint density at radius 3 is 2.76 bits per heavy atom. The van der Waals surface area contributed by atoms with Gasteiger partial charge in [0.05, 0.1) is 6.61 Å². The van der Waals surface area contributed by atoms with Gasteiger partial charge in [0.15, 0.2) is 11.6 Å². The predicted molar refractivity (Wildman–Crippen MR) is 132 cm³/mol. The molecule has 2 aromatic carbocycles. The van der Waals surface area contributed by atoms with E-state index in [1.807, 2.05) is 0 Å². The number of piperazine rings is 1. The molecule has 1 aromatic heterocycles. The smallest absolute Gasteiger partial charge is 0.254 e. The summed E-state index contributed by atoms with van der Waals surface area (Å²) < 4.78 is 21.5. The number of rotatable bonds is 7. The lowest BCUT2D eigenvalue weighted by Gasteiger charge is -2.36. The maximum atomic E-state index is 14.4. The second-order valence-electron chi connectivity index (χ2n) is 8.91. The van der Waals surface area contributed by atoms with Crippen LogP contribution >= 0.6 is 11.3 Å². The van der Waals surface area contributed by atoms with Gasteiger partial charge in [-0.25, -0.2) is 4.39 Å². The average molecular weight is 468 g/mol. The molecule has 0 spiro atoms. The Balaban J connectivity index is 1.07. The SMILES string of the molecule is CN1CCc2cc(F)c(OCCCCN3CCN(c4cccc5sccc45)CC3)cc2C1=O. The Morgan fingerprint density at radius 2 is 1.91 bits per heavy atom. The monoisotopic (exact) mass is 467 g/mol. The molecule has 0 N–H and O–H groups in total. The molecule has 5 rings (SSSR count). The molecule has 3 heterocycles. The number of anilines is 1. The standard InChI is InChI=1S/C26H30FN3O2S/c1-28-10-7-19-17-22(27)24(18-21(19)26(28)31)32-15-3-2-9-29-11-13-30(14-12-29)23-5-4-6-25-20(23)8-16-33-25/h4-6,8,16-18H,2-3,7,9-15H2,1H3. The summed E-state index contributed by atoms with van der Waals surface area (Å²) in [4.78, 5) is 19.0. The molecule has 0 atom stereocenters. The van der Waals surface area contributed by atoms with Crippen LogP contribution in [0.3, 0.4) is 0 Å². The first-order valence-electron chi connectivity index (χ1n) is 11.7. The number of unbranched alkanes of at least 4 members (excludes halogenated alkanes) is 1. The fourth-order valence-corrected chi connectivity index (χ4v) is 5.60. The summed E-state index contributed by atoms with van der Waals surface area (Å²) in [6.45, 7) is 6.29. The highest BCUT2D eigenvalue weighted by molar-refractivity contribution is 7.17. The van der Waals surface area contributed by atoms with Gasteiger partial charge >= 0.3 is 0 Å². The van der Waals surface area contributed by atoms with Crippen molar-refractivity contribution < 1.29 is 13.9 Å². The van der Waals surface area contributed by atoms with Gasteiger partial charge in [0.2, 0.25) is 0 Å². The number of benzene rings is 2. The minimum absolute atomic E-state index is 0.0597. The number of carbonyl (C=O) groups is 1. The molecule has 2 aliphatic rings. The number of halogens is 1. The number of hydrogen-bond donors (Lipinski definition) is 0. The summed E-state index contributed by atoms with van der Waals surface area (Å²) in [6.07, 6.45) is 2.55. The van der Waals surface area contributed by atoms with Crippen molar-refractivity contribution in [3.63, 3.8) is 0 Å². The molecular weight excluding hydrogens is 437 g/mol. The van der Waals surface area contributed by atoms with Gasteiger partial charge < -0.3 is 14.5 Å². The normalized spacial score (nSPS) is 17.0. The summed E-state index contributed by atoms with van der Waals surface area (Å²) in [5, 5.41) is 3.52. The van der Waals surface area contributed by atoms with Crippen molar-refractivity contribution >= 4 is 33.0 Å². The maximum absolute atomic E-state index is 14.4. The van der Waals surface area contributed by atoms with Crippen LogP contribution in [0.2, 0.25) is 0 Å². The Labute approximate surface area is 198 Å². The lowest BCUT2D eigenvalue weighted by atomic mass is 9.99. The summed E-state index contributed by atoms with van der Waals surface area (Å²) in [5.41, 5.74) is 2.69. The summed E-state index contributed by atoms with van der Waals surface area (Å²) in [6, 6.07) is 11.8. The minimum atomic E-state index is -0.372. The largest absolute Gasteiger partial charge is 0.490 e. The van der Waals surface area contributed by atoms with Crippen molar-refractivity contribution in [1.29, 1.82) is 0 Å². The van der Waals surface area contributed by atoms with Gasteiger partial charge in [0.25, 0.3) is 5.91 Å². The third-order valence-corrected chi connectivity index (χ3v) is 7.65. The lowest BCUT2D eigenvalue weighted by Crippen LogP contribution is -2.46. The van der Waals surface area contributed by atoms with E-state index in [4.69, 9.17) is 4.74 Å². The molecule has 0 saturated carbocycles. The van der Waals surface area contributed by atoms with Crippen LogP contribution < -0.4 is 9.64 Å². The molecule has 0 unspecified atom stereocenters. The zero-order chi connectivity index (χ0) is 22.8. The van der Waals surface area contributed by atoms with Gasteiger partial charge in [0, 0.05) is 61.1 Å². The fourth-order valence-electron chi connectivity index (χ4n) is 4.79. The molecule has 0 radical (unpaired) electrons. The zero-order valence-electron chi connectivity index (χ0n) is 19.1. The van der Waals surface area contributed by atoms with Crippen LogP contribution in [0.1, 0.15) is 28.8 Å². The van der Waals surface area contributed by atoms with Gasteiger partial charge in [-0.15, -0.1) is 11.3 Å². The van der Waals surface area contributed by atoms with E-state index >= 15 is 0 Å².